The van der Waals surface area contributed by atoms with E-state index in [1.165, 1.54) is 6.07 Å². The second-order valence-electron chi connectivity index (χ2n) is 4.27. The standard InChI is InChI=1S/C12H18ClNO3S/c1-4-17-11-6-5-10(13)7-12(11)18(15,16)14-8-9(2)3/h5-7,9,14H,4,8H2,1-3H3. The predicted octanol–water partition coefficient (Wildman–Crippen LogP) is 2.67. The molecule has 0 aliphatic rings. The Morgan fingerprint density at radius 3 is 2.61 bits per heavy atom. The van der Waals surface area contributed by atoms with E-state index < -0.39 is 10.0 Å². The molecule has 0 aliphatic carbocycles. The number of hydrogen-bond acceptors (Lipinski definition) is 3. The van der Waals surface area contributed by atoms with Crippen molar-refractivity contribution in [2.45, 2.75) is 25.7 Å². The minimum absolute atomic E-state index is 0.0810. The van der Waals surface area contributed by atoms with Crippen LogP contribution in [0.15, 0.2) is 23.1 Å². The molecule has 0 saturated heterocycles. The molecular formula is C12H18ClNO3S. The van der Waals surface area contributed by atoms with Crippen LogP contribution < -0.4 is 9.46 Å². The van der Waals surface area contributed by atoms with Crippen LogP contribution in [0.4, 0.5) is 0 Å². The fourth-order valence-corrected chi connectivity index (χ4v) is 2.94. The monoisotopic (exact) mass is 291 g/mol. The van der Waals surface area contributed by atoms with E-state index in [1.54, 1.807) is 19.1 Å². The molecule has 0 radical (unpaired) electrons. The Morgan fingerprint density at radius 2 is 2.06 bits per heavy atom. The van der Waals surface area contributed by atoms with E-state index in [2.05, 4.69) is 4.72 Å². The summed E-state index contributed by atoms with van der Waals surface area (Å²) in [5.41, 5.74) is 0. The van der Waals surface area contributed by atoms with Crippen LogP contribution in [0, 0.1) is 5.92 Å². The molecule has 1 aromatic rings. The van der Waals surface area contributed by atoms with Gasteiger partial charge in [-0.1, -0.05) is 25.4 Å². The van der Waals surface area contributed by atoms with Gasteiger partial charge in [0, 0.05) is 11.6 Å². The van der Waals surface area contributed by atoms with Crippen molar-refractivity contribution in [3.63, 3.8) is 0 Å². The van der Waals surface area contributed by atoms with Gasteiger partial charge in [-0.2, -0.15) is 0 Å². The molecule has 18 heavy (non-hydrogen) atoms. The highest BCUT2D eigenvalue weighted by Crippen LogP contribution is 2.27. The van der Waals surface area contributed by atoms with Gasteiger partial charge in [0.05, 0.1) is 6.61 Å². The Balaban J connectivity index is 3.09. The first-order valence-corrected chi connectivity index (χ1v) is 7.65. The minimum atomic E-state index is -3.59. The summed E-state index contributed by atoms with van der Waals surface area (Å²) in [4.78, 5) is 0.0810. The highest BCUT2D eigenvalue weighted by Gasteiger charge is 2.20. The molecule has 0 amide bonds. The number of hydrogen-bond donors (Lipinski definition) is 1. The van der Waals surface area contributed by atoms with Crippen molar-refractivity contribution in [3.8, 4) is 5.75 Å². The third kappa shape index (κ3) is 4.15. The van der Waals surface area contributed by atoms with Crippen LogP contribution >= 0.6 is 11.6 Å². The number of benzene rings is 1. The zero-order valence-electron chi connectivity index (χ0n) is 10.7. The van der Waals surface area contributed by atoms with E-state index in [-0.39, 0.29) is 10.8 Å². The van der Waals surface area contributed by atoms with Gasteiger partial charge in [0.1, 0.15) is 10.6 Å². The number of halogens is 1. The van der Waals surface area contributed by atoms with Gasteiger partial charge >= 0.3 is 0 Å². The molecular weight excluding hydrogens is 274 g/mol. The van der Waals surface area contributed by atoms with Crippen LogP contribution in [0.1, 0.15) is 20.8 Å². The summed E-state index contributed by atoms with van der Waals surface area (Å²) in [6, 6.07) is 4.57. The first-order chi connectivity index (χ1) is 8.36. The first kappa shape index (κ1) is 15.3. The highest BCUT2D eigenvalue weighted by molar-refractivity contribution is 7.89. The molecule has 0 spiro atoms. The first-order valence-electron chi connectivity index (χ1n) is 5.79. The molecule has 4 nitrogen and oxygen atoms in total. The van der Waals surface area contributed by atoms with Crippen LogP contribution in [0.2, 0.25) is 5.02 Å². The molecule has 1 rings (SSSR count). The molecule has 0 atom stereocenters. The van der Waals surface area contributed by atoms with Gasteiger partial charge in [-0.15, -0.1) is 0 Å². The van der Waals surface area contributed by atoms with Gasteiger partial charge in [0.15, 0.2) is 0 Å². The maximum Gasteiger partial charge on any atom is 0.244 e. The largest absolute Gasteiger partial charge is 0.492 e. The summed E-state index contributed by atoms with van der Waals surface area (Å²) in [6.07, 6.45) is 0. The Morgan fingerprint density at radius 1 is 1.39 bits per heavy atom. The number of rotatable bonds is 6. The maximum atomic E-state index is 12.1. The van der Waals surface area contributed by atoms with Crippen LogP contribution in [0.5, 0.6) is 5.75 Å². The SMILES string of the molecule is CCOc1ccc(Cl)cc1S(=O)(=O)NCC(C)C. The van der Waals surface area contributed by atoms with Gasteiger partial charge in [-0.3, -0.25) is 0 Å². The Bertz CT molecular complexity index is 500. The maximum absolute atomic E-state index is 12.1. The molecule has 0 fully saturated rings. The molecule has 0 aliphatic heterocycles. The topological polar surface area (TPSA) is 55.4 Å². The Labute approximate surface area is 113 Å². The zero-order chi connectivity index (χ0) is 13.8. The lowest BCUT2D eigenvalue weighted by molar-refractivity contribution is 0.331. The second-order valence-corrected chi connectivity index (χ2v) is 6.44. The summed E-state index contributed by atoms with van der Waals surface area (Å²) >= 11 is 5.84. The Kier molecular flexibility index (Phi) is 5.44. The normalized spacial score (nSPS) is 11.8. The summed E-state index contributed by atoms with van der Waals surface area (Å²) in [5.74, 6) is 0.549. The van der Waals surface area contributed by atoms with Gasteiger partial charge in [-0.25, -0.2) is 13.1 Å². The highest BCUT2D eigenvalue weighted by atomic mass is 35.5. The van der Waals surface area contributed by atoms with Crippen LogP contribution in [0.3, 0.4) is 0 Å². The van der Waals surface area contributed by atoms with Crippen molar-refractivity contribution in [3.05, 3.63) is 23.2 Å². The summed E-state index contributed by atoms with van der Waals surface area (Å²) in [5, 5.41) is 0.364. The van der Waals surface area contributed by atoms with E-state index in [1.807, 2.05) is 13.8 Å². The third-order valence-corrected chi connectivity index (χ3v) is 3.86. The minimum Gasteiger partial charge on any atom is -0.492 e. The smallest absolute Gasteiger partial charge is 0.244 e. The van der Waals surface area contributed by atoms with Crippen LogP contribution in [0.25, 0.3) is 0 Å². The number of sulfonamides is 1. The summed E-state index contributed by atoms with van der Waals surface area (Å²) in [6.45, 7) is 6.44. The van der Waals surface area contributed by atoms with Crippen molar-refractivity contribution in [1.29, 1.82) is 0 Å². The third-order valence-electron chi connectivity index (χ3n) is 2.18. The van der Waals surface area contributed by atoms with Crippen LogP contribution in [-0.2, 0) is 10.0 Å². The molecule has 0 unspecified atom stereocenters. The lowest BCUT2D eigenvalue weighted by Crippen LogP contribution is -2.28. The van der Waals surface area contributed by atoms with Crippen molar-refractivity contribution in [1.82, 2.24) is 4.72 Å². The van der Waals surface area contributed by atoms with Crippen molar-refractivity contribution in [2.24, 2.45) is 5.92 Å². The molecule has 102 valence electrons. The van der Waals surface area contributed by atoms with Crippen molar-refractivity contribution in [2.75, 3.05) is 13.2 Å². The van der Waals surface area contributed by atoms with Crippen molar-refractivity contribution < 1.29 is 13.2 Å². The molecule has 0 saturated carbocycles. The number of ether oxygens (including phenoxy) is 1. The molecule has 0 aromatic heterocycles. The fraction of sp³-hybridized carbons (Fsp3) is 0.500. The van der Waals surface area contributed by atoms with E-state index in [0.29, 0.717) is 23.9 Å². The summed E-state index contributed by atoms with van der Waals surface area (Å²) < 4.78 is 32.1. The Hall–Kier alpha value is -0.780. The average molecular weight is 292 g/mol. The van der Waals surface area contributed by atoms with Gasteiger partial charge < -0.3 is 4.74 Å². The van der Waals surface area contributed by atoms with E-state index >= 15 is 0 Å². The molecule has 0 heterocycles. The number of nitrogens with one attached hydrogen (secondary N) is 1. The molecule has 6 heteroatoms. The summed E-state index contributed by atoms with van der Waals surface area (Å²) in [7, 11) is -3.59. The van der Waals surface area contributed by atoms with Crippen LogP contribution in [-0.4, -0.2) is 21.6 Å². The second kappa shape index (κ2) is 6.41. The van der Waals surface area contributed by atoms with Gasteiger partial charge in [0.2, 0.25) is 10.0 Å². The predicted molar refractivity (Wildman–Crippen MR) is 72.6 cm³/mol. The van der Waals surface area contributed by atoms with E-state index in [9.17, 15) is 8.42 Å². The lowest BCUT2D eigenvalue weighted by Gasteiger charge is -2.13. The molecule has 1 aromatic carbocycles. The molecule has 1 N–H and O–H groups in total. The van der Waals surface area contributed by atoms with Gasteiger partial charge in [-0.05, 0) is 31.0 Å². The quantitative estimate of drug-likeness (QED) is 0.877. The van der Waals surface area contributed by atoms with E-state index in [4.69, 9.17) is 16.3 Å². The van der Waals surface area contributed by atoms with Crippen molar-refractivity contribution >= 4 is 21.6 Å². The lowest BCUT2D eigenvalue weighted by atomic mass is 10.2. The molecule has 0 bridgehead atoms. The average Bonchev–Trinajstić information content (AvgIpc) is 2.29. The zero-order valence-corrected chi connectivity index (χ0v) is 12.3. The van der Waals surface area contributed by atoms with E-state index in [0.717, 1.165) is 0 Å². The fourth-order valence-electron chi connectivity index (χ4n) is 1.32. The van der Waals surface area contributed by atoms with Gasteiger partial charge in [0.25, 0.3) is 0 Å².